The molecule has 1 aliphatic heterocycles. The average molecular weight is 439 g/mol. The minimum atomic E-state index is -5.57. The van der Waals surface area contributed by atoms with E-state index in [9.17, 15) is 22.4 Å². The van der Waals surface area contributed by atoms with Gasteiger partial charge in [-0.05, 0) is 37.3 Å². The van der Waals surface area contributed by atoms with E-state index in [1.54, 1.807) is 0 Å². The third kappa shape index (κ3) is 3.79. The van der Waals surface area contributed by atoms with Gasteiger partial charge in [0.05, 0.1) is 5.56 Å². The number of benzene rings is 1. The number of anilines is 1. The van der Waals surface area contributed by atoms with Crippen molar-refractivity contribution in [2.45, 2.75) is 24.5 Å². The number of amidine groups is 1. The zero-order valence-electron chi connectivity index (χ0n) is 15.8. The van der Waals surface area contributed by atoms with E-state index in [4.69, 9.17) is 11.0 Å². The van der Waals surface area contributed by atoms with E-state index in [1.807, 2.05) is 6.07 Å². The number of nitriles is 1. The van der Waals surface area contributed by atoms with E-state index < -0.39 is 47.3 Å². The highest BCUT2D eigenvalue weighted by Gasteiger charge is 2.71. The van der Waals surface area contributed by atoms with Crippen LogP contribution >= 0.6 is 0 Å². The second-order valence-electron chi connectivity index (χ2n) is 6.75. The van der Waals surface area contributed by atoms with Crippen molar-refractivity contribution >= 4 is 17.4 Å². The molecule has 1 aromatic heterocycles. The van der Waals surface area contributed by atoms with E-state index in [0.29, 0.717) is 6.92 Å². The molecule has 7 nitrogen and oxygen atoms in total. The topological polar surface area (TPSA) is 113 Å². The highest BCUT2D eigenvalue weighted by Crippen LogP contribution is 2.52. The van der Waals surface area contributed by atoms with Crippen molar-refractivity contribution in [2.24, 2.45) is 10.7 Å². The summed E-state index contributed by atoms with van der Waals surface area (Å²) in [6, 6.07) is 7.02. The van der Waals surface area contributed by atoms with E-state index in [-0.39, 0.29) is 16.9 Å². The van der Waals surface area contributed by atoms with Crippen LogP contribution in [0, 0.1) is 17.1 Å². The van der Waals surface area contributed by atoms with E-state index in [0.717, 1.165) is 24.4 Å². The first-order valence-electron chi connectivity index (χ1n) is 8.62. The first kappa shape index (κ1) is 22.1. The van der Waals surface area contributed by atoms with Gasteiger partial charge in [-0.15, -0.1) is 0 Å². The Morgan fingerprint density at radius 2 is 2.03 bits per heavy atom. The summed E-state index contributed by atoms with van der Waals surface area (Å²) in [5.74, 6) is -6.85. The van der Waals surface area contributed by atoms with Gasteiger partial charge in [-0.2, -0.15) is 22.8 Å². The standard InChI is InChI=1S/C19H14F5N5O2/c1-17(18(21,19(22,23)24)31-9-15(26)29-17)12-6-11(3-4-13(12)20)28-16(30)14-5-2-10(7-25)8-27-14/h2-6,8H,9H2,1H3,(H2,26,29)(H,28,30). The monoisotopic (exact) mass is 439 g/mol. The molecule has 2 aromatic rings. The van der Waals surface area contributed by atoms with Gasteiger partial charge in [0.25, 0.3) is 5.91 Å². The molecular formula is C19H14F5N5O2. The zero-order chi connectivity index (χ0) is 23.0. The van der Waals surface area contributed by atoms with Gasteiger partial charge in [-0.25, -0.2) is 9.37 Å². The molecule has 1 aromatic carbocycles. The number of ether oxygens (including phenoxy) is 1. The highest BCUT2D eigenvalue weighted by atomic mass is 19.4. The smallest absolute Gasteiger partial charge is 0.385 e. The number of aliphatic imine (C=N–C) groups is 1. The molecule has 2 heterocycles. The fourth-order valence-corrected chi connectivity index (χ4v) is 3.06. The second kappa shape index (κ2) is 7.59. The maximum absolute atomic E-state index is 15.1. The highest BCUT2D eigenvalue weighted by molar-refractivity contribution is 6.02. The van der Waals surface area contributed by atoms with Gasteiger partial charge in [-0.3, -0.25) is 9.79 Å². The third-order valence-corrected chi connectivity index (χ3v) is 4.65. The molecule has 31 heavy (non-hydrogen) atoms. The predicted octanol–water partition coefficient (Wildman–Crippen LogP) is 3.18. The normalized spacial score (nSPS) is 23.6. The summed E-state index contributed by atoms with van der Waals surface area (Å²) in [7, 11) is 0. The Morgan fingerprint density at radius 3 is 2.61 bits per heavy atom. The van der Waals surface area contributed by atoms with Crippen molar-refractivity contribution < 1.29 is 31.5 Å². The number of carbonyl (C=O) groups is 1. The molecule has 162 valence electrons. The van der Waals surface area contributed by atoms with Crippen LogP contribution in [0.15, 0.2) is 41.5 Å². The van der Waals surface area contributed by atoms with Crippen molar-refractivity contribution in [1.29, 1.82) is 5.26 Å². The van der Waals surface area contributed by atoms with Crippen LogP contribution in [0.25, 0.3) is 0 Å². The summed E-state index contributed by atoms with van der Waals surface area (Å²) in [6.07, 6.45) is -4.42. The van der Waals surface area contributed by atoms with Crippen LogP contribution in [-0.4, -0.2) is 35.4 Å². The Kier molecular flexibility index (Phi) is 5.41. The number of nitrogens with two attached hydrogens (primary N) is 1. The van der Waals surface area contributed by atoms with Crippen molar-refractivity contribution in [3.63, 3.8) is 0 Å². The van der Waals surface area contributed by atoms with Gasteiger partial charge >= 0.3 is 12.0 Å². The molecule has 3 N–H and O–H groups in total. The predicted molar refractivity (Wildman–Crippen MR) is 98.1 cm³/mol. The van der Waals surface area contributed by atoms with E-state index >= 15 is 4.39 Å². The molecule has 3 rings (SSSR count). The Labute approximate surface area is 172 Å². The van der Waals surface area contributed by atoms with Gasteiger partial charge in [0, 0.05) is 17.4 Å². The van der Waals surface area contributed by atoms with Crippen LogP contribution in [0.3, 0.4) is 0 Å². The molecule has 2 atom stereocenters. The minimum absolute atomic E-state index is 0.116. The molecule has 0 aliphatic carbocycles. The molecule has 0 radical (unpaired) electrons. The number of nitrogens with zero attached hydrogens (tertiary/aromatic N) is 3. The molecule has 12 heteroatoms. The molecule has 1 aliphatic rings. The third-order valence-electron chi connectivity index (χ3n) is 4.65. The van der Waals surface area contributed by atoms with Crippen LogP contribution in [-0.2, 0) is 10.3 Å². The van der Waals surface area contributed by atoms with Gasteiger partial charge in [0.2, 0.25) is 0 Å². The number of amides is 1. The number of halogens is 5. The van der Waals surface area contributed by atoms with Gasteiger partial charge in [0.1, 0.15) is 30.0 Å². The van der Waals surface area contributed by atoms with Gasteiger partial charge in [0.15, 0.2) is 5.54 Å². The van der Waals surface area contributed by atoms with E-state index in [1.165, 1.54) is 12.1 Å². The summed E-state index contributed by atoms with van der Waals surface area (Å²) >= 11 is 0. The second-order valence-corrected chi connectivity index (χ2v) is 6.75. The molecule has 0 spiro atoms. The fourth-order valence-electron chi connectivity index (χ4n) is 3.06. The maximum atomic E-state index is 15.1. The fraction of sp³-hybridized carbons (Fsp3) is 0.263. The summed E-state index contributed by atoms with van der Waals surface area (Å²) in [5, 5.41) is 11.1. The molecule has 0 saturated carbocycles. The van der Waals surface area contributed by atoms with Gasteiger partial charge < -0.3 is 15.8 Å². The molecule has 0 bridgehead atoms. The molecular weight excluding hydrogens is 425 g/mol. The maximum Gasteiger partial charge on any atom is 0.451 e. The van der Waals surface area contributed by atoms with E-state index in [2.05, 4.69) is 20.0 Å². The molecule has 0 fully saturated rings. The van der Waals surface area contributed by atoms with Crippen molar-refractivity contribution in [1.82, 2.24) is 4.98 Å². The number of hydrogen-bond donors (Lipinski definition) is 2. The number of hydrogen-bond acceptors (Lipinski definition) is 6. The Hall–Kier alpha value is -3.59. The molecule has 1 amide bonds. The first-order valence-corrected chi connectivity index (χ1v) is 8.62. The largest absolute Gasteiger partial charge is 0.451 e. The quantitative estimate of drug-likeness (QED) is 0.714. The SMILES string of the molecule is CC1(c2cc(NC(=O)c3ccc(C#N)cn3)ccc2F)N=C(N)COC1(F)C(F)(F)F. The average Bonchev–Trinajstić information content (AvgIpc) is 2.71. The zero-order valence-corrected chi connectivity index (χ0v) is 15.8. The summed E-state index contributed by atoms with van der Waals surface area (Å²) < 4.78 is 74.6. The Bertz CT molecular complexity index is 1100. The number of carbonyl (C=O) groups excluding carboxylic acids is 1. The lowest BCUT2D eigenvalue weighted by Crippen LogP contribution is -2.61. The molecule has 0 saturated heterocycles. The number of rotatable bonds is 3. The Balaban J connectivity index is 2.02. The lowest BCUT2D eigenvalue weighted by Gasteiger charge is -2.43. The number of pyridine rings is 1. The minimum Gasteiger partial charge on any atom is -0.385 e. The van der Waals surface area contributed by atoms with Crippen LogP contribution in [0.4, 0.5) is 27.6 Å². The van der Waals surface area contributed by atoms with Gasteiger partial charge in [-0.1, -0.05) is 0 Å². The summed E-state index contributed by atoms with van der Waals surface area (Å²) in [6.45, 7) is -0.243. The number of aromatic nitrogens is 1. The van der Waals surface area contributed by atoms with Crippen LogP contribution in [0.5, 0.6) is 0 Å². The lowest BCUT2D eigenvalue weighted by atomic mass is 9.82. The summed E-state index contributed by atoms with van der Waals surface area (Å²) in [4.78, 5) is 19.6. The molecule has 2 unspecified atom stereocenters. The Morgan fingerprint density at radius 1 is 1.32 bits per heavy atom. The summed E-state index contributed by atoms with van der Waals surface area (Å²) in [5.41, 5.74) is 1.62. The lowest BCUT2D eigenvalue weighted by molar-refractivity contribution is -0.357. The van der Waals surface area contributed by atoms with Crippen molar-refractivity contribution in [3.8, 4) is 6.07 Å². The van der Waals surface area contributed by atoms with Crippen LogP contribution in [0.1, 0.15) is 28.5 Å². The van der Waals surface area contributed by atoms with Crippen LogP contribution in [0.2, 0.25) is 0 Å². The first-order chi connectivity index (χ1) is 14.4. The van der Waals surface area contributed by atoms with Crippen LogP contribution < -0.4 is 11.1 Å². The van der Waals surface area contributed by atoms with Crippen molar-refractivity contribution in [3.05, 3.63) is 59.2 Å². The van der Waals surface area contributed by atoms with Crippen molar-refractivity contribution in [2.75, 3.05) is 11.9 Å². The number of nitrogens with one attached hydrogen (secondary N) is 1. The number of alkyl halides is 4.